The van der Waals surface area contributed by atoms with Crippen LogP contribution in [0.2, 0.25) is 0 Å². The van der Waals surface area contributed by atoms with Gasteiger partial charge in [0, 0.05) is 25.3 Å². The summed E-state index contributed by atoms with van der Waals surface area (Å²) in [5.74, 6) is -2.12. The van der Waals surface area contributed by atoms with Gasteiger partial charge in [0.25, 0.3) is 0 Å². The summed E-state index contributed by atoms with van der Waals surface area (Å²) in [5.41, 5.74) is 7.28. The van der Waals surface area contributed by atoms with E-state index in [0.29, 0.717) is 12.1 Å². The summed E-state index contributed by atoms with van der Waals surface area (Å²) in [7, 11) is 1.80. The standard InChI is InChI=1S/C15H15F3N2/c1-20(12-5-3-11(16)4-6-12)9-15(19)10-2-7-13(17)14(18)8-10/h2-8,15H,9,19H2,1H3. The van der Waals surface area contributed by atoms with Crippen molar-refractivity contribution in [1.29, 1.82) is 0 Å². The molecular weight excluding hydrogens is 265 g/mol. The zero-order chi connectivity index (χ0) is 14.7. The highest BCUT2D eigenvalue weighted by atomic mass is 19.2. The number of hydrogen-bond donors (Lipinski definition) is 1. The topological polar surface area (TPSA) is 29.3 Å². The fraction of sp³-hybridized carbons (Fsp3) is 0.200. The van der Waals surface area contributed by atoms with Crippen molar-refractivity contribution < 1.29 is 13.2 Å². The lowest BCUT2D eigenvalue weighted by atomic mass is 10.1. The van der Waals surface area contributed by atoms with E-state index < -0.39 is 17.7 Å². The van der Waals surface area contributed by atoms with Crippen LogP contribution in [0.1, 0.15) is 11.6 Å². The molecule has 0 spiro atoms. The molecule has 2 N–H and O–H groups in total. The average molecular weight is 280 g/mol. The Kier molecular flexibility index (Phi) is 4.29. The number of nitrogens with zero attached hydrogens (tertiary/aromatic N) is 1. The molecule has 0 heterocycles. The van der Waals surface area contributed by atoms with Crippen molar-refractivity contribution in [3.8, 4) is 0 Å². The minimum absolute atomic E-state index is 0.313. The van der Waals surface area contributed by atoms with Gasteiger partial charge >= 0.3 is 0 Å². The minimum atomic E-state index is -0.914. The van der Waals surface area contributed by atoms with E-state index in [1.54, 1.807) is 19.2 Å². The van der Waals surface area contributed by atoms with E-state index in [0.717, 1.165) is 17.8 Å². The third-order valence-electron chi connectivity index (χ3n) is 3.11. The van der Waals surface area contributed by atoms with Gasteiger partial charge in [-0.1, -0.05) is 6.07 Å². The number of nitrogens with two attached hydrogens (primary N) is 1. The van der Waals surface area contributed by atoms with Crippen LogP contribution in [0, 0.1) is 17.5 Å². The predicted octanol–water partition coefficient (Wildman–Crippen LogP) is 3.24. The summed E-state index contributed by atoms with van der Waals surface area (Å²) in [4.78, 5) is 1.82. The zero-order valence-corrected chi connectivity index (χ0v) is 11.0. The number of halogens is 3. The first-order valence-electron chi connectivity index (χ1n) is 6.14. The zero-order valence-electron chi connectivity index (χ0n) is 11.0. The number of likely N-dealkylation sites (N-methyl/N-ethyl adjacent to an activating group) is 1. The Morgan fingerprint density at radius 3 is 2.25 bits per heavy atom. The van der Waals surface area contributed by atoms with Gasteiger partial charge in [-0.15, -0.1) is 0 Å². The molecule has 0 amide bonds. The molecule has 0 bridgehead atoms. The first-order valence-corrected chi connectivity index (χ1v) is 6.14. The third-order valence-corrected chi connectivity index (χ3v) is 3.11. The van der Waals surface area contributed by atoms with Crippen molar-refractivity contribution in [3.05, 3.63) is 65.5 Å². The molecule has 0 aliphatic rings. The van der Waals surface area contributed by atoms with Crippen LogP contribution in [0.25, 0.3) is 0 Å². The highest BCUT2D eigenvalue weighted by molar-refractivity contribution is 5.45. The van der Waals surface area contributed by atoms with Gasteiger partial charge in [0.2, 0.25) is 0 Å². The maximum Gasteiger partial charge on any atom is 0.159 e. The Labute approximate surface area is 115 Å². The van der Waals surface area contributed by atoms with Crippen LogP contribution in [0.3, 0.4) is 0 Å². The largest absolute Gasteiger partial charge is 0.373 e. The van der Waals surface area contributed by atoms with E-state index in [1.807, 2.05) is 4.90 Å². The van der Waals surface area contributed by atoms with Gasteiger partial charge in [-0.25, -0.2) is 13.2 Å². The van der Waals surface area contributed by atoms with Crippen LogP contribution in [-0.4, -0.2) is 13.6 Å². The van der Waals surface area contributed by atoms with Crippen LogP contribution in [0.4, 0.5) is 18.9 Å². The highest BCUT2D eigenvalue weighted by Crippen LogP contribution is 2.19. The lowest BCUT2D eigenvalue weighted by molar-refractivity contribution is 0.505. The van der Waals surface area contributed by atoms with Crippen LogP contribution in [-0.2, 0) is 0 Å². The molecule has 0 aliphatic carbocycles. The van der Waals surface area contributed by atoms with E-state index in [4.69, 9.17) is 5.73 Å². The molecule has 0 saturated heterocycles. The Morgan fingerprint density at radius 2 is 1.65 bits per heavy atom. The molecule has 0 aliphatic heterocycles. The fourth-order valence-corrected chi connectivity index (χ4v) is 1.94. The second-order valence-corrected chi connectivity index (χ2v) is 4.64. The molecule has 106 valence electrons. The highest BCUT2D eigenvalue weighted by Gasteiger charge is 2.12. The second kappa shape index (κ2) is 5.96. The number of rotatable bonds is 4. The predicted molar refractivity (Wildman–Crippen MR) is 73.0 cm³/mol. The number of hydrogen-bond acceptors (Lipinski definition) is 2. The molecular formula is C15H15F3N2. The van der Waals surface area contributed by atoms with Gasteiger partial charge in [-0.3, -0.25) is 0 Å². The van der Waals surface area contributed by atoms with E-state index in [2.05, 4.69) is 0 Å². The quantitative estimate of drug-likeness (QED) is 0.931. The monoisotopic (exact) mass is 280 g/mol. The van der Waals surface area contributed by atoms with Crippen LogP contribution >= 0.6 is 0 Å². The van der Waals surface area contributed by atoms with Crippen molar-refractivity contribution in [2.45, 2.75) is 6.04 Å². The van der Waals surface area contributed by atoms with Gasteiger partial charge in [0.05, 0.1) is 0 Å². The number of benzene rings is 2. The molecule has 2 nitrogen and oxygen atoms in total. The Hall–Kier alpha value is -2.01. The molecule has 2 aromatic rings. The van der Waals surface area contributed by atoms with Gasteiger partial charge in [-0.2, -0.15) is 0 Å². The normalized spacial score (nSPS) is 12.2. The SMILES string of the molecule is CN(CC(N)c1ccc(F)c(F)c1)c1ccc(F)cc1. The third kappa shape index (κ3) is 3.30. The van der Waals surface area contributed by atoms with Crippen LogP contribution in [0.15, 0.2) is 42.5 Å². The van der Waals surface area contributed by atoms with E-state index in [-0.39, 0.29) is 5.82 Å². The lowest BCUT2D eigenvalue weighted by Gasteiger charge is -2.23. The molecule has 20 heavy (non-hydrogen) atoms. The Bertz CT molecular complexity index is 584. The summed E-state index contributed by atoms with van der Waals surface area (Å²) in [6.45, 7) is 0.400. The van der Waals surface area contributed by atoms with E-state index >= 15 is 0 Å². The molecule has 0 fully saturated rings. The Morgan fingerprint density at radius 1 is 1.00 bits per heavy atom. The van der Waals surface area contributed by atoms with E-state index in [1.165, 1.54) is 18.2 Å². The van der Waals surface area contributed by atoms with Gasteiger partial charge in [0.15, 0.2) is 11.6 Å². The first-order chi connectivity index (χ1) is 9.47. The first kappa shape index (κ1) is 14.4. The van der Waals surface area contributed by atoms with Crippen molar-refractivity contribution in [1.82, 2.24) is 0 Å². The smallest absolute Gasteiger partial charge is 0.159 e. The minimum Gasteiger partial charge on any atom is -0.373 e. The maximum atomic E-state index is 13.2. The van der Waals surface area contributed by atoms with Crippen molar-refractivity contribution in [2.75, 3.05) is 18.5 Å². The molecule has 1 atom stereocenters. The summed E-state index contributed by atoms with van der Waals surface area (Å²) in [5, 5.41) is 0. The van der Waals surface area contributed by atoms with Crippen molar-refractivity contribution in [3.63, 3.8) is 0 Å². The molecule has 0 aromatic heterocycles. The van der Waals surface area contributed by atoms with Crippen LogP contribution < -0.4 is 10.6 Å². The van der Waals surface area contributed by atoms with Gasteiger partial charge < -0.3 is 10.6 Å². The molecule has 2 aromatic carbocycles. The van der Waals surface area contributed by atoms with E-state index in [9.17, 15) is 13.2 Å². The molecule has 1 unspecified atom stereocenters. The number of anilines is 1. The molecule has 0 saturated carbocycles. The van der Waals surface area contributed by atoms with Crippen LogP contribution in [0.5, 0.6) is 0 Å². The Balaban J connectivity index is 2.08. The molecule has 2 rings (SSSR count). The lowest BCUT2D eigenvalue weighted by Crippen LogP contribution is -2.29. The summed E-state index contributed by atoms with van der Waals surface area (Å²) in [6.07, 6.45) is 0. The second-order valence-electron chi connectivity index (χ2n) is 4.64. The maximum absolute atomic E-state index is 13.2. The van der Waals surface area contributed by atoms with Gasteiger partial charge in [0.1, 0.15) is 5.82 Å². The fourth-order valence-electron chi connectivity index (χ4n) is 1.94. The summed E-state index contributed by atoms with van der Waals surface area (Å²) in [6, 6.07) is 9.12. The van der Waals surface area contributed by atoms with Crippen molar-refractivity contribution >= 4 is 5.69 Å². The molecule has 0 radical (unpaired) electrons. The van der Waals surface area contributed by atoms with Gasteiger partial charge in [-0.05, 0) is 42.0 Å². The molecule has 5 heteroatoms. The van der Waals surface area contributed by atoms with Crippen molar-refractivity contribution in [2.24, 2.45) is 5.73 Å². The average Bonchev–Trinajstić information content (AvgIpc) is 2.42. The summed E-state index contributed by atoms with van der Waals surface area (Å²) < 4.78 is 38.9. The summed E-state index contributed by atoms with van der Waals surface area (Å²) >= 11 is 0.